The van der Waals surface area contributed by atoms with Crippen molar-refractivity contribution < 1.29 is 9.84 Å². The summed E-state index contributed by atoms with van der Waals surface area (Å²) in [5.41, 5.74) is 8.58. The zero-order valence-corrected chi connectivity index (χ0v) is 18.7. The first-order valence-corrected chi connectivity index (χ1v) is 10.3. The number of aliphatic hydroxyl groups excluding tert-OH is 1. The number of rotatable bonds is 5. The SMILES string of the molecule is COc1cc(-c2nc(CO)c(N3CCC(C)(C(C)N)CC3)nc2C)c(Cl)c(Cl)n1. The van der Waals surface area contributed by atoms with Gasteiger partial charge < -0.3 is 20.5 Å². The molecule has 158 valence electrons. The van der Waals surface area contributed by atoms with E-state index in [4.69, 9.17) is 38.7 Å². The summed E-state index contributed by atoms with van der Waals surface area (Å²) in [6.07, 6.45) is 1.92. The molecular weight excluding hydrogens is 413 g/mol. The third kappa shape index (κ3) is 4.28. The van der Waals surface area contributed by atoms with Crippen molar-refractivity contribution in [3.8, 4) is 17.1 Å². The predicted octanol–water partition coefficient (Wildman–Crippen LogP) is 3.61. The summed E-state index contributed by atoms with van der Waals surface area (Å²) >= 11 is 12.5. The normalized spacial score (nSPS) is 17.3. The van der Waals surface area contributed by atoms with Gasteiger partial charge in [-0.1, -0.05) is 30.1 Å². The Labute approximate surface area is 181 Å². The average molecular weight is 440 g/mol. The molecule has 1 saturated heterocycles. The summed E-state index contributed by atoms with van der Waals surface area (Å²) in [7, 11) is 1.50. The van der Waals surface area contributed by atoms with Gasteiger partial charge in [0.1, 0.15) is 5.69 Å². The summed E-state index contributed by atoms with van der Waals surface area (Å²) in [6.45, 7) is 7.54. The van der Waals surface area contributed by atoms with Crippen LogP contribution in [0, 0.1) is 12.3 Å². The number of nitrogens with zero attached hydrogens (tertiary/aromatic N) is 4. The number of halogens is 2. The smallest absolute Gasteiger partial charge is 0.215 e. The van der Waals surface area contributed by atoms with Crippen molar-refractivity contribution in [3.63, 3.8) is 0 Å². The highest BCUT2D eigenvalue weighted by Crippen LogP contribution is 2.38. The maximum atomic E-state index is 9.98. The van der Waals surface area contributed by atoms with Gasteiger partial charge in [0.05, 0.1) is 30.1 Å². The molecule has 9 heteroatoms. The lowest BCUT2D eigenvalue weighted by molar-refractivity contribution is 0.204. The Morgan fingerprint density at radius 3 is 2.48 bits per heavy atom. The van der Waals surface area contributed by atoms with Gasteiger partial charge in [-0.15, -0.1) is 0 Å². The zero-order chi connectivity index (χ0) is 21.3. The number of ether oxygens (including phenoxy) is 1. The van der Waals surface area contributed by atoms with Gasteiger partial charge in [0.2, 0.25) is 5.88 Å². The fourth-order valence-electron chi connectivity index (χ4n) is 3.59. The Morgan fingerprint density at radius 2 is 1.93 bits per heavy atom. The molecule has 1 fully saturated rings. The molecule has 7 nitrogen and oxygen atoms in total. The van der Waals surface area contributed by atoms with Crippen molar-refractivity contribution in [2.75, 3.05) is 25.1 Å². The molecule has 2 aromatic rings. The van der Waals surface area contributed by atoms with Crippen LogP contribution in [0.15, 0.2) is 6.07 Å². The summed E-state index contributed by atoms with van der Waals surface area (Å²) in [5, 5.41) is 10.4. The van der Waals surface area contributed by atoms with Crippen LogP contribution >= 0.6 is 23.2 Å². The maximum absolute atomic E-state index is 9.98. The minimum absolute atomic E-state index is 0.107. The first kappa shape index (κ1) is 22.0. The van der Waals surface area contributed by atoms with E-state index < -0.39 is 0 Å². The van der Waals surface area contributed by atoms with E-state index >= 15 is 0 Å². The molecule has 0 amide bonds. The third-order valence-electron chi connectivity index (χ3n) is 5.93. The van der Waals surface area contributed by atoms with Crippen LogP contribution in [0.2, 0.25) is 10.2 Å². The largest absolute Gasteiger partial charge is 0.481 e. The topological polar surface area (TPSA) is 97.4 Å². The number of aromatic nitrogens is 3. The number of methoxy groups -OCH3 is 1. The van der Waals surface area contributed by atoms with E-state index in [1.807, 2.05) is 6.92 Å². The maximum Gasteiger partial charge on any atom is 0.215 e. The van der Waals surface area contributed by atoms with Crippen LogP contribution in [0.4, 0.5) is 5.82 Å². The summed E-state index contributed by atoms with van der Waals surface area (Å²) < 4.78 is 5.20. The van der Waals surface area contributed by atoms with E-state index in [1.165, 1.54) is 7.11 Å². The van der Waals surface area contributed by atoms with Gasteiger partial charge in [-0.3, -0.25) is 0 Å². The molecule has 0 aliphatic carbocycles. The molecule has 0 radical (unpaired) electrons. The summed E-state index contributed by atoms with van der Waals surface area (Å²) in [6, 6.07) is 1.80. The van der Waals surface area contributed by atoms with Gasteiger partial charge >= 0.3 is 0 Å². The number of pyridine rings is 1. The fraction of sp³-hybridized carbons (Fsp3) is 0.550. The molecule has 1 aliphatic rings. The minimum atomic E-state index is -0.232. The Kier molecular flexibility index (Phi) is 6.53. The van der Waals surface area contributed by atoms with E-state index in [2.05, 4.69) is 28.7 Å². The van der Waals surface area contributed by atoms with Crippen molar-refractivity contribution in [2.45, 2.75) is 46.3 Å². The second kappa shape index (κ2) is 8.60. The van der Waals surface area contributed by atoms with Crippen LogP contribution in [0.5, 0.6) is 5.88 Å². The lowest BCUT2D eigenvalue weighted by atomic mass is 9.75. The summed E-state index contributed by atoms with van der Waals surface area (Å²) in [4.78, 5) is 15.7. The zero-order valence-electron chi connectivity index (χ0n) is 17.2. The van der Waals surface area contributed by atoms with E-state index in [-0.39, 0.29) is 28.2 Å². The van der Waals surface area contributed by atoms with Gasteiger partial charge in [0.15, 0.2) is 11.0 Å². The van der Waals surface area contributed by atoms with E-state index in [9.17, 15) is 5.11 Å². The van der Waals surface area contributed by atoms with Crippen molar-refractivity contribution in [1.29, 1.82) is 0 Å². The second-order valence-corrected chi connectivity index (χ2v) is 8.57. The molecule has 1 unspecified atom stereocenters. The minimum Gasteiger partial charge on any atom is -0.481 e. The van der Waals surface area contributed by atoms with Crippen LogP contribution < -0.4 is 15.4 Å². The molecule has 0 aromatic carbocycles. The molecule has 2 aromatic heterocycles. The van der Waals surface area contributed by atoms with Crippen molar-refractivity contribution in [2.24, 2.45) is 11.1 Å². The number of piperidine rings is 1. The standard InChI is InChI=1S/C20H27Cl2N5O2/c1-11-17(13-9-15(29-4)26-18(22)16(13)21)25-14(10-28)19(24-11)27-7-5-20(3,6-8-27)12(2)23/h9,12,28H,5-8,10,23H2,1-4H3. The molecule has 1 atom stereocenters. The number of anilines is 1. The van der Waals surface area contributed by atoms with Gasteiger partial charge in [0.25, 0.3) is 0 Å². The van der Waals surface area contributed by atoms with Gasteiger partial charge in [-0.2, -0.15) is 4.98 Å². The highest BCUT2D eigenvalue weighted by Gasteiger charge is 2.34. The van der Waals surface area contributed by atoms with Crippen LogP contribution in [0.1, 0.15) is 38.1 Å². The van der Waals surface area contributed by atoms with Crippen molar-refractivity contribution in [1.82, 2.24) is 15.0 Å². The lowest BCUT2D eigenvalue weighted by Gasteiger charge is -2.42. The number of aryl methyl sites for hydroxylation is 1. The van der Waals surface area contributed by atoms with Crippen molar-refractivity contribution >= 4 is 29.0 Å². The van der Waals surface area contributed by atoms with Gasteiger partial charge in [-0.25, -0.2) is 9.97 Å². The van der Waals surface area contributed by atoms with Crippen LogP contribution in [0.25, 0.3) is 11.3 Å². The molecule has 3 rings (SSSR count). The monoisotopic (exact) mass is 439 g/mol. The van der Waals surface area contributed by atoms with E-state index in [0.29, 0.717) is 34.3 Å². The number of nitrogens with two attached hydrogens (primary N) is 1. The van der Waals surface area contributed by atoms with Crippen molar-refractivity contribution in [3.05, 3.63) is 27.6 Å². The van der Waals surface area contributed by atoms with Gasteiger partial charge in [-0.05, 0) is 32.1 Å². The highest BCUT2D eigenvalue weighted by atomic mass is 35.5. The molecule has 3 N–H and O–H groups in total. The molecule has 0 spiro atoms. The fourth-order valence-corrected chi connectivity index (χ4v) is 3.97. The predicted molar refractivity (Wildman–Crippen MR) is 116 cm³/mol. The molecule has 1 aliphatic heterocycles. The molecule has 0 bridgehead atoms. The van der Waals surface area contributed by atoms with Gasteiger partial charge in [0, 0.05) is 30.8 Å². The van der Waals surface area contributed by atoms with Crippen LogP contribution in [-0.4, -0.2) is 46.3 Å². The molecule has 29 heavy (non-hydrogen) atoms. The Morgan fingerprint density at radius 1 is 1.28 bits per heavy atom. The number of aliphatic hydroxyl groups is 1. The highest BCUT2D eigenvalue weighted by molar-refractivity contribution is 6.43. The molecule has 0 saturated carbocycles. The quantitative estimate of drug-likeness (QED) is 0.686. The third-order valence-corrected chi connectivity index (χ3v) is 6.69. The molecular formula is C20H27Cl2N5O2. The first-order valence-electron chi connectivity index (χ1n) is 9.59. The number of hydrogen-bond donors (Lipinski definition) is 2. The van der Waals surface area contributed by atoms with E-state index in [0.717, 1.165) is 25.9 Å². The molecule has 3 heterocycles. The second-order valence-electron chi connectivity index (χ2n) is 7.83. The lowest BCUT2D eigenvalue weighted by Crippen LogP contribution is -2.47. The number of hydrogen-bond acceptors (Lipinski definition) is 7. The average Bonchev–Trinajstić information content (AvgIpc) is 2.70. The summed E-state index contributed by atoms with van der Waals surface area (Å²) in [5.74, 6) is 1.03. The Hall–Kier alpha value is -1.67. The Bertz CT molecular complexity index is 899. The first-order chi connectivity index (χ1) is 13.7. The Balaban J connectivity index is 1.99. The van der Waals surface area contributed by atoms with Crippen LogP contribution in [-0.2, 0) is 6.61 Å². The van der Waals surface area contributed by atoms with E-state index in [1.54, 1.807) is 6.07 Å². The van der Waals surface area contributed by atoms with Crippen LogP contribution in [0.3, 0.4) is 0 Å².